The lowest BCUT2D eigenvalue weighted by Crippen LogP contribution is -2.11. The molecule has 0 aliphatic heterocycles. The fraction of sp³-hybridized carbons (Fsp3) is 0. The molecule has 0 aliphatic carbocycles. The summed E-state index contributed by atoms with van der Waals surface area (Å²) in [5.74, 6) is -0.110. The molecule has 1 amide bonds. The van der Waals surface area contributed by atoms with Crippen LogP contribution in [0.25, 0.3) is 9.40 Å². The summed E-state index contributed by atoms with van der Waals surface area (Å²) in [6.45, 7) is 0. The van der Waals surface area contributed by atoms with Crippen LogP contribution >= 0.6 is 22.7 Å². The monoisotopic (exact) mass is 274 g/mol. The van der Waals surface area contributed by atoms with Gasteiger partial charge in [-0.15, -0.1) is 22.7 Å². The summed E-state index contributed by atoms with van der Waals surface area (Å²) in [5, 5.41) is 4.85. The second-order valence-electron chi connectivity index (χ2n) is 3.80. The van der Waals surface area contributed by atoms with Crippen LogP contribution in [-0.4, -0.2) is 5.91 Å². The normalized spacial score (nSPS) is 10.7. The van der Waals surface area contributed by atoms with E-state index in [2.05, 4.69) is 5.32 Å². The number of hydrogen-bond donors (Lipinski definition) is 2. The summed E-state index contributed by atoms with van der Waals surface area (Å²) in [5.41, 5.74) is 7.02. The topological polar surface area (TPSA) is 55.1 Å². The summed E-state index contributed by atoms with van der Waals surface area (Å²) in [6, 6.07) is 11.2. The molecule has 0 radical (unpaired) electrons. The van der Waals surface area contributed by atoms with E-state index in [4.69, 9.17) is 5.73 Å². The molecule has 3 N–H and O–H groups in total. The van der Waals surface area contributed by atoms with E-state index in [0.29, 0.717) is 16.3 Å². The number of amides is 1. The van der Waals surface area contributed by atoms with Crippen molar-refractivity contribution < 1.29 is 4.79 Å². The van der Waals surface area contributed by atoms with E-state index >= 15 is 0 Å². The van der Waals surface area contributed by atoms with Crippen molar-refractivity contribution in [1.29, 1.82) is 0 Å². The third-order valence-corrected chi connectivity index (χ3v) is 4.66. The number of benzene rings is 1. The minimum Gasteiger partial charge on any atom is -0.397 e. The molecule has 0 saturated heterocycles. The number of rotatable bonds is 2. The zero-order valence-corrected chi connectivity index (χ0v) is 11.0. The first-order chi connectivity index (χ1) is 8.74. The van der Waals surface area contributed by atoms with E-state index in [0.717, 1.165) is 9.40 Å². The van der Waals surface area contributed by atoms with E-state index < -0.39 is 0 Å². The first-order valence-electron chi connectivity index (χ1n) is 5.37. The Morgan fingerprint density at radius 3 is 2.78 bits per heavy atom. The quantitative estimate of drug-likeness (QED) is 0.698. The molecular formula is C13H10N2OS2. The Balaban J connectivity index is 1.87. The number of nitrogens with one attached hydrogen (secondary N) is 1. The number of anilines is 2. The van der Waals surface area contributed by atoms with Crippen molar-refractivity contribution in [2.75, 3.05) is 11.1 Å². The van der Waals surface area contributed by atoms with Gasteiger partial charge in [0.05, 0.1) is 16.3 Å². The first kappa shape index (κ1) is 11.3. The maximum absolute atomic E-state index is 12.1. The minimum absolute atomic E-state index is 0.110. The first-order valence-corrected chi connectivity index (χ1v) is 7.06. The van der Waals surface area contributed by atoms with Crippen LogP contribution < -0.4 is 11.1 Å². The van der Waals surface area contributed by atoms with Gasteiger partial charge in [-0.2, -0.15) is 0 Å². The van der Waals surface area contributed by atoms with Crippen LogP contribution in [-0.2, 0) is 0 Å². The molecular weight excluding hydrogens is 264 g/mol. The second-order valence-corrected chi connectivity index (χ2v) is 5.83. The molecule has 2 aromatic heterocycles. The Morgan fingerprint density at radius 2 is 2.00 bits per heavy atom. The molecule has 3 aromatic rings. The molecule has 3 rings (SSSR count). The summed E-state index contributed by atoms with van der Waals surface area (Å²) < 4.78 is 2.29. The van der Waals surface area contributed by atoms with Crippen molar-refractivity contribution in [1.82, 2.24) is 0 Å². The van der Waals surface area contributed by atoms with E-state index in [1.54, 1.807) is 23.5 Å². The van der Waals surface area contributed by atoms with E-state index in [9.17, 15) is 4.79 Å². The molecule has 2 heterocycles. The number of hydrogen-bond acceptors (Lipinski definition) is 4. The van der Waals surface area contributed by atoms with Gasteiger partial charge in [0.15, 0.2) is 0 Å². The van der Waals surface area contributed by atoms with Crippen LogP contribution in [0.5, 0.6) is 0 Å². The molecule has 0 unspecified atom stereocenters. The molecule has 0 bridgehead atoms. The highest BCUT2D eigenvalue weighted by molar-refractivity contribution is 7.27. The molecule has 0 fully saturated rings. The molecule has 0 atom stereocenters. The van der Waals surface area contributed by atoms with Crippen LogP contribution in [0.4, 0.5) is 11.4 Å². The summed E-state index contributed by atoms with van der Waals surface area (Å²) in [6.07, 6.45) is 0. The summed E-state index contributed by atoms with van der Waals surface area (Å²) in [7, 11) is 0. The molecule has 3 nitrogen and oxygen atoms in total. The van der Waals surface area contributed by atoms with Gasteiger partial charge in [-0.25, -0.2) is 0 Å². The second kappa shape index (κ2) is 4.44. The van der Waals surface area contributed by atoms with Crippen molar-refractivity contribution in [3.63, 3.8) is 0 Å². The number of para-hydroxylation sites is 2. The Hall–Kier alpha value is -1.85. The number of thiophene rings is 2. The minimum atomic E-state index is -0.110. The fourth-order valence-corrected chi connectivity index (χ4v) is 3.68. The van der Waals surface area contributed by atoms with Crippen molar-refractivity contribution in [3.05, 3.63) is 46.7 Å². The van der Waals surface area contributed by atoms with Crippen LogP contribution in [0.3, 0.4) is 0 Å². The fourth-order valence-electron chi connectivity index (χ4n) is 1.67. The van der Waals surface area contributed by atoms with Crippen molar-refractivity contribution >= 4 is 49.4 Å². The SMILES string of the molecule is Nc1ccccc1NC(=O)c1cc2sccc2s1. The molecule has 0 spiro atoms. The predicted octanol–water partition coefficient (Wildman–Crippen LogP) is 3.80. The highest BCUT2D eigenvalue weighted by Gasteiger charge is 2.12. The van der Waals surface area contributed by atoms with Crippen molar-refractivity contribution in [2.24, 2.45) is 0 Å². The van der Waals surface area contributed by atoms with Gasteiger partial charge in [-0.3, -0.25) is 4.79 Å². The van der Waals surface area contributed by atoms with Gasteiger partial charge in [-0.05, 0) is 29.6 Å². The molecule has 0 aliphatic rings. The number of carbonyl (C=O) groups is 1. The highest BCUT2D eigenvalue weighted by atomic mass is 32.1. The lowest BCUT2D eigenvalue weighted by Gasteiger charge is -2.05. The predicted molar refractivity (Wildman–Crippen MR) is 78.5 cm³/mol. The Kier molecular flexibility index (Phi) is 2.77. The highest BCUT2D eigenvalue weighted by Crippen LogP contribution is 2.30. The zero-order valence-electron chi connectivity index (χ0n) is 9.34. The lowest BCUT2D eigenvalue weighted by atomic mass is 10.2. The average Bonchev–Trinajstić information content (AvgIpc) is 2.92. The lowest BCUT2D eigenvalue weighted by molar-refractivity contribution is 0.103. The van der Waals surface area contributed by atoms with Crippen molar-refractivity contribution in [2.45, 2.75) is 0 Å². The molecule has 1 aromatic carbocycles. The van der Waals surface area contributed by atoms with Crippen LogP contribution in [0.1, 0.15) is 9.67 Å². The number of carbonyl (C=O) groups excluding carboxylic acids is 1. The van der Waals surface area contributed by atoms with E-state index in [-0.39, 0.29) is 5.91 Å². The van der Waals surface area contributed by atoms with Gasteiger partial charge in [0.1, 0.15) is 0 Å². The number of fused-ring (bicyclic) bond motifs is 1. The summed E-state index contributed by atoms with van der Waals surface area (Å²) >= 11 is 3.14. The third-order valence-electron chi connectivity index (χ3n) is 2.57. The molecule has 5 heteroatoms. The Labute approximate surface area is 112 Å². The molecule has 0 saturated carbocycles. The van der Waals surface area contributed by atoms with Crippen LogP contribution in [0, 0.1) is 0 Å². The molecule has 90 valence electrons. The zero-order chi connectivity index (χ0) is 12.5. The van der Waals surface area contributed by atoms with Gasteiger partial charge >= 0.3 is 0 Å². The van der Waals surface area contributed by atoms with Gasteiger partial charge in [0, 0.05) is 9.40 Å². The van der Waals surface area contributed by atoms with E-state index in [1.807, 2.05) is 29.6 Å². The third kappa shape index (κ3) is 1.98. The standard InChI is InChI=1S/C13H10N2OS2/c14-8-3-1-2-4-9(8)15-13(16)12-7-11-10(18-12)5-6-17-11/h1-7H,14H2,(H,15,16). The van der Waals surface area contributed by atoms with Gasteiger partial charge in [0.25, 0.3) is 5.91 Å². The van der Waals surface area contributed by atoms with Crippen LogP contribution in [0.15, 0.2) is 41.8 Å². The van der Waals surface area contributed by atoms with Crippen LogP contribution in [0.2, 0.25) is 0 Å². The maximum atomic E-state index is 12.1. The smallest absolute Gasteiger partial charge is 0.265 e. The Bertz CT molecular complexity index is 686. The van der Waals surface area contributed by atoms with Gasteiger partial charge in [0.2, 0.25) is 0 Å². The van der Waals surface area contributed by atoms with E-state index in [1.165, 1.54) is 11.3 Å². The Morgan fingerprint density at radius 1 is 1.17 bits per heavy atom. The molecule has 18 heavy (non-hydrogen) atoms. The number of nitrogens with two attached hydrogens (primary N) is 1. The van der Waals surface area contributed by atoms with Gasteiger partial charge in [-0.1, -0.05) is 12.1 Å². The van der Waals surface area contributed by atoms with Crippen molar-refractivity contribution in [3.8, 4) is 0 Å². The average molecular weight is 274 g/mol. The summed E-state index contributed by atoms with van der Waals surface area (Å²) in [4.78, 5) is 12.8. The number of nitrogen functional groups attached to an aromatic ring is 1. The largest absolute Gasteiger partial charge is 0.397 e. The van der Waals surface area contributed by atoms with Gasteiger partial charge < -0.3 is 11.1 Å². The maximum Gasteiger partial charge on any atom is 0.265 e.